The molecule has 0 atom stereocenters. The van der Waals surface area contributed by atoms with E-state index in [9.17, 15) is 0 Å². The molecule has 2 nitrogen and oxygen atoms in total. The standard InChI is InChI=1S/C10H11NOS/c1-3-8-7(2)10(12-11-8)9-5-4-6-13-9/h4-6H,3H2,1-2H3. The van der Waals surface area contributed by atoms with Gasteiger partial charge in [0.25, 0.3) is 0 Å². The average Bonchev–Trinajstić information content (AvgIpc) is 2.72. The Morgan fingerprint density at radius 3 is 2.92 bits per heavy atom. The summed E-state index contributed by atoms with van der Waals surface area (Å²) in [6.45, 7) is 4.15. The van der Waals surface area contributed by atoms with Gasteiger partial charge in [0, 0.05) is 5.56 Å². The van der Waals surface area contributed by atoms with Crippen molar-refractivity contribution in [1.29, 1.82) is 0 Å². The van der Waals surface area contributed by atoms with E-state index >= 15 is 0 Å². The van der Waals surface area contributed by atoms with Crippen molar-refractivity contribution in [3.05, 3.63) is 28.8 Å². The van der Waals surface area contributed by atoms with E-state index in [2.05, 4.69) is 25.1 Å². The molecule has 0 aliphatic rings. The van der Waals surface area contributed by atoms with Crippen LogP contribution in [0.3, 0.4) is 0 Å². The van der Waals surface area contributed by atoms with Crippen LogP contribution in [0.1, 0.15) is 18.2 Å². The molecule has 0 N–H and O–H groups in total. The third-order valence-electron chi connectivity index (χ3n) is 2.10. The number of rotatable bonds is 2. The van der Waals surface area contributed by atoms with Gasteiger partial charge >= 0.3 is 0 Å². The minimum Gasteiger partial charge on any atom is -0.355 e. The Hall–Kier alpha value is -1.09. The molecule has 2 rings (SSSR count). The molecule has 0 bridgehead atoms. The molecule has 2 aromatic rings. The SMILES string of the molecule is CCc1noc(-c2cccs2)c1C. The van der Waals surface area contributed by atoms with Crippen LogP contribution in [0.25, 0.3) is 10.6 Å². The van der Waals surface area contributed by atoms with E-state index in [4.69, 9.17) is 4.52 Å². The van der Waals surface area contributed by atoms with E-state index < -0.39 is 0 Å². The number of nitrogens with zero attached hydrogens (tertiary/aromatic N) is 1. The first kappa shape index (κ1) is 8.51. The Morgan fingerprint density at radius 2 is 2.38 bits per heavy atom. The smallest absolute Gasteiger partial charge is 0.179 e. The van der Waals surface area contributed by atoms with Crippen LogP contribution >= 0.6 is 11.3 Å². The Morgan fingerprint density at radius 1 is 1.54 bits per heavy atom. The van der Waals surface area contributed by atoms with Gasteiger partial charge in [0.1, 0.15) is 0 Å². The Bertz CT molecular complexity index is 389. The zero-order valence-electron chi connectivity index (χ0n) is 7.70. The molecule has 3 heteroatoms. The summed E-state index contributed by atoms with van der Waals surface area (Å²) >= 11 is 1.68. The lowest BCUT2D eigenvalue weighted by atomic mass is 10.1. The minimum atomic E-state index is 0.923. The maximum absolute atomic E-state index is 5.29. The van der Waals surface area contributed by atoms with Crippen LogP contribution in [0.15, 0.2) is 22.0 Å². The predicted molar refractivity (Wildman–Crippen MR) is 53.9 cm³/mol. The van der Waals surface area contributed by atoms with Crippen molar-refractivity contribution in [2.75, 3.05) is 0 Å². The van der Waals surface area contributed by atoms with Gasteiger partial charge in [-0.15, -0.1) is 11.3 Å². The molecule has 0 aliphatic heterocycles. The van der Waals surface area contributed by atoms with Gasteiger partial charge in [0.2, 0.25) is 0 Å². The lowest BCUT2D eigenvalue weighted by Crippen LogP contribution is -1.82. The van der Waals surface area contributed by atoms with E-state index in [0.717, 1.165) is 22.8 Å². The van der Waals surface area contributed by atoms with Crippen LogP contribution in [0, 0.1) is 6.92 Å². The van der Waals surface area contributed by atoms with Crippen molar-refractivity contribution < 1.29 is 4.52 Å². The van der Waals surface area contributed by atoms with E-state index in [1.165, 1.54) is 5.56 Å². The second kappa shape index (κ2) is 3.34. The minimum absolute atomic E-state index is 0.923. The van der Waals surface area contributed by atoms with Crippen LogP contribution in [-0.4, -0.2) is 5.16 Å². The molecule has 2 aromatic heterocycles. The highest BCUT2D eigenvalue weighted by Gasteiger charge is 2.12. The van der Waals surface area contributed by atoms with Crippen molar-refractivity contribution in [2.45, 2.75) is 20.3 Å². The van der Waals surface area contributed by atoms with Gasteiger partial charge in [0.15, 0.2) is 5.76 Å². The van der Waals surface area contributed by atoms with Gasteiger partial charge in [-0.05, 0) is 24.8 Å². The number of thiophene rings is 1. The summed E-state index contributed by atoms with van der Waals surface area (Å²) in [5.41, 5.74) is 2.23. The van der Waals surface area contributed by atoms with Gasteiger partial charge in [-0.2, -0.15) is 0 Å². The number of aromatic nitrogens is 1. The van der Waals surface area contributed by atoms with Crippen LogP contribution < -0.4 is 0 Å². The first-order chi connectivity index (χ1) is 6.33. The molecule has 13 heavy (non-hydrogen) atoms. The van der Waals surface area contributed by atoms with Crippen molar-refractivity contribution >= 4 is 11.3 Å². The van der Waals surface area contributed by atoms with E-state index in [1.54, 1.807) is 11.3 Å². The second-order valence-electron chi connectivity index (χ2n) is 2.91. The maximum atomic E-state index is 5.29. The first-order valence-corrected chi connectivity index (χ1v) is 5.20. The summed E-state index contributed by atoms with van der Waals surface area (Å²) in [5, 5.41) is 6.07. The Labute approximate surface area is 81.2 Å². The lowest BCUT2D eigenvalue weighted by molar-refractivity contribution is 0.425. The van der Waals surface area contributed by atoms with Crippen LogP contribution in [0.5, 0.6) is 0 Å². The quantitative estimate of drug-likeness (QED) is 0.731. The molecule has 0 saturated carbocycles. The van der Waals surface area contributed by atoms with E-state index in [0.29, 0.717) is 0 Å². The molecule has 0 aromatic carbocycles. The summed E-state index contributed by atoms with van der Waals surface area (Å²) in [6.07, 6.45) is 0.931. The molecule has 0 aliphatic carbocycles. The van der Waals surface area contributed by atoms with Gasteiger partial charge in [0.05, 0.1) is 10.6 Å². The van der Waals surface area contributed by atoms with Gasteiger partial charge < -0.3 is 4.52 Å². The van der Waals surface area contributed by atoms with Gasteiger partial charge in [-0.3, -0.25) is 0 Å². The zero-order chi connectivity index (χ0) is 9.26. The van der Waals surface area contributed by atoms with Gasteiger partial charge in [-0.25, -0.2) is 0 Å². The number of hydrogen-bond acceptors (Lipinski definition) is 3. The molecule has 0 unspecified atom stereocenters. The Balaban J connectivity index is 2.48. The number of hydrogen-bond donors (Lipinski definition) is 0. The third-order valence-corrected chi connectivity index (χ3v) is 2.97. The molecule has 0 amide bonds. The van der Waals surface area contributed by atoms with Crippen LogP contribution in [0.2, 0.25) is 0 Å². The van der Waals surface area contributed by atoms with E-state index in [1.807, 2.05) is 11.4 Å². The molecule has 0 radical (unpaired) electrons. The zero-order valence-corrected chi connectivity index (χ0v) is 8.52. The molecular formula is C10H11NOS. The summed E-state index contributed by atoms with van der Waals surface area (Å²) in [6, 6.07) is 4.07. The lowest BCUT2D eigenvalue weighted by Gasteiger charge is -1.91. The van der Waals surface area contributed by atoms with Gasteiger partial charge in [-0.1, -0.05) is 18.1 Å². The molecule has 0 spiro atoms. The van der Waals surface area contributed by atoms with Crippen LogP contribution in [-0.2, 0) is 6.42 Å². The van der Waals surface area contributed by atoms with Crippen molar-refractivity contribution in [3.8, 4) is 10.6 Å². The topological polar surface area (TPSA) is 26.0 Å². The second-order valence-corrected chi connectivity index (χ2v) is 3.86. The van der Waals surface area contributed by atoms with Crippen molar-refractivity contribution in [2.24, 2.45) is 0 Å². The fraction of sp³-hybridized carbons (Fsp3) is 0.300. The molecule has 0 fully saturated rings. The van der Waals surface area contributed by atoms with E-state index in [-0.39, 0.29) is 0 Å². The maximum Gasteiger partial charge on any atom is 0.179 e. The summed E-state index contributed by atoms with van der Waals surface area (Å²) in [4.78, 5) is 1.16. The van der Waals surface area contributed by atoms with Crippen molar-refractivity contribution in [1.82, 2.24) is 5.16 Å². The summed E-state index contributed by atoms with van der Waals surface area (Å²) in [7, 11) is 0. The monoisotopic (exact) mass is 193 g/mol. The third kappa shape index (κ3) is 1.40. The summed E-state index contributed by atoms with van der Waals surface area (Å²) in [5.74, 6) is 0.923. The van der Waals surface area contributed by atoms with Crippen molar-refractivity contribution in [3.63, 3.8) is 0 Å². The summed E-state index contributed by atoms with van der Waals surface area (Å²) < 4.78 is 5.29. The highest BCUT2D eigenvalue weighted by atomic mass is 32.1. The predicted octanol–water partition coefficient (Wildman–Crippen LogP) is 3.27. The largest absolute Gasteiger partial charge is 0.355 e. The first-order valence-electron chi connectivity index (χ1n) is 4.32. The number of aryl methyl sites for hydroxylation is 1. The molecule has 2 heterocycles. The normalized spacial score (nSPS) is 10.6. The molecular weight excluding hydrogens is 182 g/mol. The Kier molecular flexibility index (Phi) is 2.19. The highest BCUT2D eigenvalue weighted by Crippen LogP contribution is 2.29. The fourth-order valence-electron chi connectivity index (χ4n) is 1.34. The molecule has 0 saturated heterocycles. The fourth-order valence-corrected chi connectivity index (χ4v) is 2.09. The molecule has 68 valence electrons. The average molecular weight is 193 g/mol. The van der Waals surface area contributed by atoms with Crippen LogP contribution in [0.4, 0.5) is 0 Å². The highest BCUT2D eigenvalue weighted by molar-refractivity contribution is 7.13.